The van der Waals surface area contributed by atoms with Crippen LogP contribution in [0.5, 0.6) is 0 Å². The van der Waals surface area contributed by atoms with Crippen LogP contribution in [0.15, 0.2) is 0 Å². The third-order valence-electron chi connectivity index (χ3n) is 3.03. The van der Waals surface area contributed by atoms with E-state index in [9.17, 15) is 4.79 Å². The van der Waals surface area contributed by atoms with E-state index < -0.39 is 0 Å². The van der Waals surface area contributed by atoms with Gasteiger partial charge >= 0.3 is 29.6 Å². The number of fused-ring (bicyclic) bond motifs is 3. The van der Waals surface area contributed by atoms with Gasteiger partial charge in [0.05, 0.1) is 0 Å². The quantitative estimate of drug-likeness (QED) is 0.322. The van der Waals surface area contributed by atoms with Gasteiger partial charge in [0, 0.05) is 5.41 Å². The molecule has 2 bridgehead atoms. The zero-order chi connectivity index (χ0) is 7.03. The fourth-order valence-electron chi connectivity index (χ4n) is 2.03. The Kier molecular flexibility index (Phi) is 3.15. The third-order valence-corrected chi connectivity index (χ3v) is 3.03. The van der Waals surface area contributed by atoms with Crippen molar-refractivity contribution in [2.75, 3.05) is 19.6 Å². The molecular weight excluding hydrogens is 149 g/mol. The van der Waals surface area contributed by atoms with Crippen LogP contribution in [0.25, 0.3) is 0 Å². The Morgan fingerprint density at radius 2 is 1.64 bits per heavy atom. The van der Waals surface area contributed by atoms with Crippen molar-refractivity contribution in [2.24, 2.45) is 5.41 Å². The predicted molar refractivity (Wildman–Crippen MR) is 39.9 cm³/mol. The normalized spacial score (nSPS) is 41.3. The van der Waals surface area contributed by atoms with Crippen molar-refractivity contribution in [3.8, 4) is 0 Å². The first-order valence-electron chi connectivity index (χ1n) is 4.03. The molecule has 0 aromatic carbocycles. The molecule has 0 aromatic heterocycles. The summed E-state index contributed by atoms with van der Waals surface area (Å²) >= 11 is 0. The smallest absolute Gasteiger partial charge is 1.00 e. The third kappa shape index (κ3) is 1.69. The summed E-state index contributed by atoms with van der Waals surface area (Å²) < 4.78 is 0. The number of piperidine rings is 3. The Hall–Kier alpha value is 0.630. The van der Waals surface area contributed by atoms with E-state index in [4.69, 9.17) is 0 Å². The molecule has 3 rings (SSSR count). The fraction of sp³-hybridized carbons (Fsp3) is 0.875. The molecule has 0 radical (unpaired) electrons. The van der Waals surface area contributed by atoms with Crippen molar-refractivity contribution in [3.05, 3.63) is 0 Å². The van der Waals surface area contributed by atoms with Crippen LogP contribution in [0.1, 0.15) is 20.7 Å². The maximum absolute atomic E-state index is 10.7. The van der Waals surface area contributed by atoms with E-state index in [2.05, 4.69) is 4.90 Å². The largest absolute Gasteiger partial charge is 1.00 e. The molecule has 58 valence electrons. The maximum Gasteiger partial charge on any atom is 1.00 e. The topological polar surface area (TPSA) is 20.3 Å². The monoisotopic (exact) mass is 163 g/mol. The molecule has 0 aliphatic carbocycles. The van der Waals surface area contributed by atoms with E-state index in [0.29, 0.717) is 0 Å². The summed E-state index contributed by atoms with van der Waals surface area (Å²) in [6.07, 6.45) is 4.52. The molecule has 0 amide bonds. The van der Waals surface area contributed by atoms with Gasteiger partial charge in [0.25, 0.3) is 0 Å². The molecule has 11 heavy (non-hydrogen) atoms. The maximum atomic E-state index is 10.7. The van der Waals surface area contributed by atoms with E-state index in [1.165, 1.54) is 6.29 Å². The van der Waals surface area contributed by atoms with Crippen molar-refractivity contribution >= 4 is 6.29 Å². The second-order valence-electron chi connectivity index (χ2n) is 3.57. The summed E-state index contributed by atoms with van der Waals surface area (Å²) in [4.78, 5) is 13.2. The predicted octanol–water partition coefficient (Wildman–Crippen LogP) is -2.21. The van der Waals surface area contributed by atoms with E-state index in [1.54, 1.807) is 0 Å². The van der Waals surface area contributed by atoms with Gasteiger partial charge in [0.1, 0.15) is 6.29 Å². The number of hydrogen-bond donors (Lipinski definition) is 0. The molecule has 3 heteroatoms. The summed E-state index contributed by atoms with van der Waals surface area (Å²) in [5, 5.41) is 0. The minimum Gasteiger partial charge on any atom is -1.00 e. The van der Waals surface area contributed by atoms with Crippen molar-refractivity contribution in [3.63, 3.8) is 0 Å². The second-order valence-corrected chi connectivity index (χ2v) is 3.57. The minimum absolute atomic E-state index is 0. The summed E-state index contributed by atoms with van der Waals surface area (Å²) in [6, 6.07) is 0. The van der Waals surface area contributed by atoms with Crippen LogP contribution in [0, 0.1) is 5.41 Å². The van der Waals surface area contributed by atoms with Crippen LogP contribution in [-0.4, -0.2) is 30.8 Å². The summed E-state index contributed by atoms with van der Waals surface area (Å²) in [5.74, 6) is 0. The first-order valence-corrected chi connectivity index (χ1v) is 4.03. The molecule has 0 atom stereocenters. The first-order chi connectivity index (χ1) is 4.85. The summed E-state index contributed by atoms with van der Waals surface area (Å²) in [7, 11) is 0. The Labute approximate surface area is 91.1 Å². The Balaban J connectivity index is 0.000000605. The SMILES string of the molecule is O=CC12CCN(CC1)CC2.[H-].[Na+]. The molecular formula is C8H14NNaO. The van der Waals surface area contributed by atoms with Crippen LogP contribution in [-0.2, 0) is 4.79 Å². The summed E-state index contributed by atoms with van der Waals surface area (Å²) in [5.41, 5.74) is 0.106. The van der Waals surface area contributed by atoms with Crippen LogP contribution in [0.4, 0.5) is 0 Å². The van der Waals surface area contributed by atoms with Crippen molar-refractivity contribution in [2.45, 2.75) is 19.3 Å². The van der Waals surface area contributed by atoms with Crippen LogP contribution >= 0.6 is 0 Å². The number of hydrogen-bond acceptors (Lipinski definition) is 2. The van der Waals surface area contributed by atoms with Gasteiger partial charge in [-0.15, -0.1) is 0 Å². The van der Waals surface area contributed by atoms with Gasteiger partial charge in [-0.05, 0) is 38.9 Å². The van der Waals surface area contributed by atoms with Gasteiger partial charge in [-0.25, -0.2) is 0 Å². The Bertz CT molecular complexity index is 143. The molecule has 3 saturated heterocycles. The van der Waals surface area contributed by atoms with Crippen molar-refractivity contribution in [1.29, 1.82) is 0 Å². The molecule has 0 spiro atoms. The fourth-order valence-corrected chi connectivity index (χ4v) is 2.03. The molecule has 0 unspecified atom stereocenters. The molecule has 2 nitrogen and oxygen atoms in total. The van der Waals surface area contributed by atoms with Crippen molar-refractivity contribution in [1.82, 2.24) is 4.90 Å². The number of nitrogens with zero attached hydrogens (tertiary/aromatic N) is 1. The summed E-state index contributed by atoms with van der Waals surface area (Å²) in [6.45, 7) is 3.45. The van der Waals surface area contributed by atoms with Crippen molar-refractivity contribution < 1.29 is 35.8 Å². The zero-order valence-corrected chi connectivity index (χ0v) is 9.18. The molecule has 3 aliphatic rings. The molecule has 3 aliphatic heterocycles. The molecule has 0 aromatic rings. The van der Waals surface area contributed by atoms with Crippen LogP contribution in [0.3, 0.4) is 0 Å². The standard InChI is InChI=1S/C8H13NO.Na.H/c10-7-8-1-4-9(5-2-8)6-3-8;;/h7H,1-6H2;;/q;+1;-1. The van der Waals surface area contributed by atoms with Gasteiger partial charge in [-0.3, -0.25) is 0 Å². The number of carbonyl (C=O) groups is 1. The molecule has 3 fully saturated rings. The van der Waals surface area contributed by atoms with Gasteiger partial charge in [-0.1, -0.05) is 0 Å². The molecule has 3 heterocycles. The van der Waals surface area contributed by atoms with Crippen LogP contribution in [0.2, 0.25) is 0 Å². The van der Waals surface area contributed by atoms with E-state index in [1.807, 2.05) is 0 Å². The average molecular weight is 163 g/mol. The second kappa shape index (κ2) is 3.56. The zero-order valence-electron chi connectivity index (χ0n) is 8.18. The first kappa shape index (κ1) is 9.72. The van der Waals surface area contributed by atoms with Gasteiger partial charge < -0.3 is 11.1 Å². The van der Waals surface area contributed by atoms with Gasteiger partial charge in [0.15, 0.2) is 0 Å². The number of carbonyl (C=O) groups excluding carboxylic acids is 1. The van der Waals surface area contributed by atoms with Gasteiger partial charge in [0.2, 0.25) is 0 Å². The van der Waals surface area contributed by atoms with E-state index in [-0.39, 0.29) is 36.4 Å². The van der Waals surface area contributed by atoms with Gasteiger partial charge in [-0.2, -0.15) is 0 Å². The number of aldehydes is 1. The van der Waals surface area contributed by atoms with Crippen LogP contribution < -0.4 is 29.6 Å². The number of rotatable bonds is 1. The molecule has 0 saturated carbocycles. The Morgan fingerprint density at radius 1 is 1.18 bits per heavy atom. The van der Waals surface area contributed by atoms with E-state index >= 15 is 0 Å². The average Bonchev–Trinajstić information content (AvgIpc) is 2.08. The molecule has 0 N–H and O–H groups in total. The minimum atomic E-state index is 0. The Morgan fingerprint density at radius 3 is 1.91 bits per heavy atom. The van der Waals surface area contributed by atoms with E-state index in [0.717, 1.165) is 38.9 Å².